The van der Waals surface area contributed by atoms with Gasteiger partial charge in [-0.05, 0) is 56.6 Å². The Bertz CT molecular complexity index is 408. The van der Waals surface area contributed by atoms with Crippen LogP contribution in [-0.4, -0.2) is 55.9 Å². The van der Waals surface area contributed by atoms with Crippen LogP contribution in [0, 0.1) is 5.92 Å². The summed E-state index contributed by atoms with van der Waals surface area (Å²) < 4.78 is 5.61. The minimum Gasteiger partial charge on any atom is -0.491 e. The number of nitrogens with zero attached hydrogens (tertiary/aromatic N) is 1. The summed E-state index contributed by atoms with van der Waals surface area (Å²) in [6.45, 7) is 6.38. The van der Waals surface area contributed by atoms with Crippen molar-refractivity contribution >= 4 is 0 Å². The summed E-state index contributed by atoms with van der Waals surface area (Å²) in [5.41, 5.74) is 1.30. The summed E-state index contributed by atoms with van der Waals surface area (Å²) in [4.78, 5) is 2.35. The number of ether oxygens (including phenoxy) is 1. The van der Waals surface area contributed by atoms with E-state index < -0.39 is 6.10 Å². The van der Waals surface area contributed by atoms with Crippen LogP contribution in [0.4, 0.5) is 0 Å². The van der Waals surface area contributed by atoms with Gasteiger partial charge in [0.2, 0.25) is 0 Å². The fourth-order valence-corrected chi connectivity index (χ4v) is 2.72. The highest BCUT2D eigenvalue weighted by molar-refractivity contribution is 5.27. The summed E-state index contributed by atoms with van der Waals surface area (Å²) in [5.74, 6) is 1.54. The van der Waals surface area contributed by atoms with Crippen molar-refractivity contribution in [2.75, 3.05) is 39.8 Å². The number of aliphatic hydroxyl groups excluding tert-OH is 1. The standard InChI is InChI=1S/C17H28N2O2/c1-3-14-4-6-17(7-5-14)21-13-16(20)11-18-10-15-8-9-19(2)12-15/h4-7,15-16,18,20H,3,8-13H2,1-2H3. The maximum Gasteiger partial charge on any atom is 0.119 e. The fraction of sp³-hybridized carbons (Fsp3) is 0.647. The molecule has 1 fully saturated rings. The van der Waals surface area contributed by atoms with Crippen molar-refractivity contribution in [1.82, 2.24) is 10.2 Å². The smallest absolute Gasteiger partial charge is 0.119 e. The minimum atomic E-state index is -0.463. The zero-order valence-electron chi connectivity index (χ0n) is 13.2. The minimum absolute atomic E-state index is 0.336. The van der Waals surface area contributed by atoms with Crippen LogP contribution in [0.5, 0.6) is 5.75 Å². The first kappa shape index (κ1) is 16.3. The third-order valence-corrected chi connectivity index (χ3v) is 4.08. The Balaban J connectivity index is 1.59. The zero-order valence-corrected chi connectivity index (χ0v) is 13.2. The van der Waals surface area contributed by atoms with E-state index in [0.29, 0.717) is 19.1 Å². The van der Waals surface area contributed by atoms with Crippen LogP contribution in [-0.2, 0) is 6.42 Å². The molecule has 118 valence electrons. The molecule has 2 atom stereocenters. The number of nitrogens with one attached hydrogen (secondary N) is 1. The van der Waals surface area contributed by atoms with Crippen LogP contribution in [0.3, 0.4) is 0 Å². The summed E-state index contributed by atoms with van der Waals surface area (Å²) in [5, 5.41) is 13.3. The van der Waals surface area contributed by atoms with Gasteiger partial charge in [0, 0.05) is 13.1 Å². The lowest BCUT2D eigenvalue weighted by atomic mass is 10.1. The number of aliphatic hydroxyl groups is 1. The lowest BCUT2D eigenvalue weighted by molar-refractivity contribution is 0.105. The number of aryl methyl sites for hydroxylation is 1. The van der Waals surface area contributed by atoms with Gasteiger partial charge in [-0.3, -0.25) is 0 Å². The van der Waals surface area contributed by atoms with Gasteiger partial charge in [0.15, 0.2) is 0 Å². The maximum atomic E-state index is 9.94. The third-order valence-electron chi connectivity index (χ3n) is 4.08. The molecule has 21 heavy (non-hydrogen) atoms. The molecule has 4 nitrogen and oxygen atoms in total. The molecule has 1 heterocycles. The first-order valence-corrected chi connectivity index (χ1v) is 7.96. The van der Waals surface area contributed by atoms with Crippen LogP contribution >= 0.6 is 0 Å². The van der Waals surface area contributed by atoms with Crippen molar-refractivity contribution < 1.29 is 9.84 Å². The Labute approximate surface area is 128 Å². The van der Waals surface area contributed by atoms with Gasteiger partial charge >= 0.3 is 0 Å². The summed E-state index contributed by atoms with van der Waals surface area (Å²) >= 11 is 0. The average molecular weight is 292 g/mol. The molecule has 0 amide bonds. The first-order chi connectivity index (χ1) is 10.2. The molecule has 0 saturated carbocycles. The van der Waals surface area contributed by atoms with Crippen molar-refractivity contribution in [2.24, 2.45) is 5.92 Å². The predicted octanol–water partition coefficient (Wildman–Crippen LogP) is 1.53. The van der Waals surface area contributed by atoms with Gasteiger partial charge in [-0.2, -0.15) is 0 Å². The summed E-state index contributed by atoms with van der Waals surface area (Å²) in [7, 11) is 2.16. The van der Waals surface area contributed by atoms with Crippen molar-refractivity contribution in [3.63, 3.8) is 0 Å². The number of hydrogen-bond acceptors (Lipinski definition) is 4. The predicted molar refractivity (Wildman–Crippen MR) is 85.8 cm³/mol. The van der Waals surface area contributed by atoms with E-state index in [1.54, 1.807) is 0 Å². The molecule has 1 saturated heterocycles. The van der Waals surface area contributed by atoms with E-state index in [4.69, 9.17) is 4.74 Å². The summed E-state index contributed by atoms with van der Waals surface area (Å²) in [6, 6.07) is 8.06. The van der Waals surface area contributed by atoms with Gasteiger partial charge in [0.1, 0.15) is 18.5 Å². The second kappa shape index (κ2) is 8.37. The van der Waals surface area contributed by atoms with Crippen LogP contribution < -0.4 is 10.1 Å². The molecule has 0 aliphatic carbocycles. The Morgan fingerprint density at radius 3 is 2.76 bits per heavy atom. The quantitative estimate of drug-likeness (QED) is 0.763. The van der Waals surface area contributed by atoms with Gasteiger partial charge in [0.05, 0.1) is 0 Å². The van der Waals surface area contributed by atoms with E-state index in [1.165, 1.54) is 18.5 Å². The highest BCUT2D eigenvalue weighted by atomic mass is 16.5. The third kappa shape index (κ3) is 5.65. The van der Waals surface area contributed by atoms with Crippen molar-refractivity contribution in [3.8, 4) is 5.75 Å². The van der Waals surface area contributed by atoms with Crippen LogP contribution in [0.1, 0.15) is 18.9 Å². The van der Waals surface area contributed by atoms with E-state index in [1.807, 2.05) is 12.1 Å². The van der Waals surface area contributed by atoms with Gasteiger partial charge in [-0.25, -0.2) is 0 Å². The van der Waals surface area contributed by atoms with E-state index in [-0.39, 0.29) is 0 Å². The SMILES string of the molecule is CCc1ccc(OCC(O)CNCC2CCN(C)C2)cc1. The summed E-state index contributed by atoms with van der Waals surface area (Å²) in [6.07, 6.45) is 1.82. The van der Waals surface area contributed by atoms with Gasteiger partial charge < -0.3 is 20.1 Å². The largest absolute Gasteiger partial charge is 0.491 e. The molecule has 2 N–H and O–H groups in total. The monoisotopic (exact) mass is 292 g/mol. The van der Waals surface area contributed by atoms with E-state index in [0.717, 1.165) is 25.3 Å². The van der Waals surface area contributed by atoms with E-state index >= 15 is 0 Å². The second-order valence-corrected chi connectivity index (χ2v) is 6.04. The Morgan fingerprint density at radius 1 is 1.38 bits per heavy atom. The van der Waals surface area contributed by atoms with Crippen LogP contribution in [0.2, 0.25) is 0 Å². The van der Waals surface area contributed by atoms with Crippen LogP contribution in [0.25, 0.3) is 0 Å². The first-order valence-electron chi connectivity index (χ1n) is 7.96. The lowest BCUT2D eigenvalue weighted by Crippen LogP contribution is -2.34. The highest BCUT2D eigenvalue weighted by Gasteiger charge is 2.19. The Morgan fingerprint density at radius 2 is 2.14 bits per heavy atom. The Hall–Kier alpha value is -1.10. The molecule has 1 aliphatic heterocycles. The molecule has 0 aromatic heterocycles. The molecular formula is C17H28N2O2. The molecule has 4 heteroatoms. The molecular weight excluding hydrogens is 264 g/mol. The highest BCUT2D eigenvalue weighted by Crippen LogP contribution is 2.13. The zero-order chi connectivity index (χ0) is 15.1. The van der Waals surface area contributed by atoms with Crippen LogP contribution in [0.15, 0.2) is 24.3 Å². The average Bonchev–Trinajstić information content (AvgIpc) is 2.91. The molecule has 2 rings (SSSR count). The van der Waals surface area contributed by atoms with Gasteiger partial charge in [-0.1, -0.05) is 19.1 Å². The topological polar surface area (TPSA) is 44.7 Å². The van der Waals surface area contributed by atoms with Gasteiger partial charge in [-0.15, -0.1) is 0 Å². The normalized spacial score (nSPS) is 20.6. The molecule has 1 aliphatic rings. The lowest BCUT2D eigenvalue weighted by Gasteiger charge is -2.15. The molecule has 0 radical (unpaired) electrons. The van der Waals surface area contributed by atoms with E-state index in [9.17, 15) is 5.11 Å². The number of rotatable bonds is 8. The Kier molecular flexibility index (Phi) is 6.49. The van der Waals surface area contributed by atoms with Crippen molar-refractivity contribution in [3.05, 3.63) is 29.8 Å². The van der Waals surface area contributed by atoms with E-state index in [2.05, 4.69) is 36.3 Å². The van der Waals surface area contributed by atoms with Crippen molar-refractivity contribution in [1.29, 1.82) is 0 Å². The molecule has 2 unspecified atom stereocenters. The molecule has 1 aromatic rings. The molecule has 0 spiro atoms. The van der Waals surface area contributed by atoms with Crippen molar-refractivity contribution in [2.45, 2.75) is 25.9 Å². The maximum absolute atomic E-state index is 9.94. The number of benzene rings is 1. The fourth-order valence-electron chi connectivity index (χ4n) is 2.72. The molecule has 1 aromatic carbocycles. The van der Waals surface area contributed by atoms with Gasteiger partial charge in [0.25, 0.3) is 0 Å². The number of hydrogen-bond donors (Lipinski definition) is 2. The second-order valence-electron chi connectivity index (χ2n) is 6.04. The molecule has 0 bridgehead atoms. The number of likely N-dealkylation sites (tertiary alicyclic amines) is 1.